The van der Waals surface area contributed by atoms with Crippen LogP contribution in [-0.2, 0) is 14.3 Å². The van der Waals surface area contributed by atoms with Crippen LogP contribution in [0.4, 0.5) is 5.13 Å². The van der Waals surface area contributed by atoms with Crippen LogP contribution in [0.2, 0.25) is 0 Å². The molecule has 39 heavy (non-hydrogen) atoms. The summed E-state index contributed by atoms with van der Waals surface area (Å²) in [6.07, 6.45) is 1.93. The van der Waals surface area contributed by atoms with Gasteiger partial charge in [0, 0.05) is 5.56 Å². The maximum atomic E-state index is 13.5. The van der Waals surface area contributed by atoms with E-state index >= 15 is 0 Å². The van der Waals surface area contributed by atoms with E-state index in [1.807, 2.05) is 26.0 Å². The fourth-order valence-electron chi connectivity index (χ4n) is 4.43. The van der Waals surface area contributed by atoms with Gasteiger partial charge in [-0.3, -0.25) is 14.5 Å². The molecule has 2 heterocycles. The first-order valence-electron chi connectivity index (χ1n) is 12.9. The molecule has 1 amide bonds. The van der Waals surface area contributed by atoms with Crippen LogP contribution in [0, 0.1) is 20.8 Å². The van der Waals surface area contributed by atoms with Crippen molar-refractivity contribution in [2.45, 2.75) is 53.5 Å². The number of amides is 1. The molecule has 0 spiro atoms. The number of nitrogens with zero attached hydrogens (tertiary/aromatic N) is 2. The summed E-state index contributed by atoms with van der Waals surface area (Å²) in [5, 5.41) is 11.7. The highest BCUT2D eigenvalue weighted by Crippen LogP contribution is 2.44. The van der Waals surface area contributed by atoms with Crippen LogP contribution in [0.1, 0.15) is 70.4 Å². The molecule has 8 nitrogen and oxygen atoms in total. The van der Waals surface area contributed by atoms with Gasteiger partial charge >= 0.3 is 11.9 Å². The van der Waals surface area contributed by atoms with Crippen molar-refractivity contribution in [2.75, 3.05) is 18.1 Å². The minimum absolute atomic E-state index is 0.0427. The Bertz CT molecular complexity index is 1440. The number of esters is 1. The highest BCUT2D eigenvalue weighted by Gasteiger charge is 2.48. The monoisotopic (exact) mass is 548 g/mol. The molecule has 4 rings (SSSR count). The predicted octanol–water partition coefficient (Wildman–Crippen LogP) is 6.05. The first kappa shape index (κ1) is 28.0. The van der Waals surface area contributed by atoms with Crippen LogP contribution in [0.25, 0.3) is 5.76 Å². The summed E-state index contributed by atoms with van der Waals surface area (Å²) in [7, 11) is 0. The quantitative estimate of drug-likeness (QED) is 0.114. The summed E-state index contributed by atoms with van der Waals surface area (Å²) in [6.45, 7) is 9.93. The van der Waals surface area contributed by atoms with Gasteiger partial charge in [-0.1, -0.05) is 54.5 Å². The largest absolute Gasteiger partial charge is 0.507 e. The normalized spacial score (nSPS) is 16.5. The molecule has 1 saturated heterocycles. The number of ketones is 1. The number of Topliss-reactive ketones (excluding diaryl/α,β-unsaturated/α-hetero) is 1. The van der Waals surface area contributed by atoms with Crippen molar-refractivity contribution in [3.05, 3.63) is 80.9 Å². The molecule has 0 aliphatic carbocycles. The van der Waals surface area contributed by atoms with Crippen LogP contribution in [-0.4, -0.2) is 41.0 Å². The Morgan fingerprint density at radius 1 is 1.08 bits per heavy atom. The predicted molar refractivity (Wildman–Crippen MR) is 150 cm³/mol. The van der Waals surface area contributed by atoms with Crippen LogP contribution >= 0.6 is 11.3 Å². The van der Waals surface area contributed by atoms with Gasteiger partial charge in [0.1, 0.15) is 16.4 Å². The second-order valence-electron chi connectivity index (χ2n) is 9.39. The van der Waals surface area contributed by atoms with Crippen LogP contribution in [0.15, 0.2) is 48.0 Å². The van der Waals surface area contributed by atoms with Gasteiger partial charge in [0.05, 0.1) is 30.5 Å². The lowest BCUT2D eigenvalue weighted by atomic mass is 9.93. The zero-order chi connectivity index (χ0) is 28.3. The summed E-state index contributed by atoms with van der Waals surface area (Å²) < 4.78 is 10.9. The molecular weight excluding hydrogens is 516 g/mol. The number of benzene rings is 2. The van der Waals surface area contributed by atoms with Gasteiger partial charge in [-0.2, -0.15) is 0 Å². The first-order chi connectivity index (χ1) is 18.7. The van der Waals surface area contributed by atoms with Crippen molar-refractivity contribution in [1.82, 2.24) is 4.98 Å². The highest BCUT2D eigenvalue weighted by atomic mass is 32.1. The Balaban J connectivity index is 1.87. The molecule has 2 aromatic carbocycles. The van der Waals surface area contributed by atoms with Gasteiger partial charge < -0.3 is 14.6 Å². The van der Waals surface area contributed by atoms with Crippen LogP contribution in [0.5, 0.6) is 5.75 Å². The second kappa shape index (κ2) is 11.8. The topological polar surface area (TPSA) is 106 Å². The van der Waals surface area contributed by atoms with Crippen molar-refractivity contribution in [3.8, 4) is 5.75 Å². The zero-order valence-electron chi connectivity index (χ0n) is 22.7. The number of rotatable bonds is 9. The van der Waals surface area contributed by atoms with Crippen LogP contribution < -0.4 is 9.64 Å². The van der Waals surface area contributed by atoms with Gasteiger partial charge in [0.15, 0.2) is 5.13 Å². The number of thiazole rings is 1. The third-order valence-electron chi connectivity index (χ3n) is 6.51. The smallest absolute Gasteiger partial charge is 0.350 e. The van der Waals surface area contributed by atoms with Gasteiger partial charge in [0.25, 0.3) is 5.78 Å². The van der Waals surface area contributed by atoms with E-state index < -0.39 is 23.7 Å². The molecule has 1 fully saturated rings. The molecule has 9 heteroatoms. The number of ether oxygens (including phenoxy) is 2. The molecule has 1 N–H and O–H groups in total. The second-order valence-corrected chi connectivity index (χ2v) is 10.4. The van der Waals surface area contributed by atoms with E-state index in [1.54, 1.807) is 44.2 Å². The average molecular weight is 549 g/mol. The van der Waals surface area contributed by atoms with E-state index in [0.29, 0.717) is 29.2 Å². The van der Waals surface area contributed by atoms with E-state index in [-0.39, 0.29) is 27.9 Å². The third-order valence-corrected chi connectivity index (χ3v) is 7.64. The number of anilines is 1. The number of unbranched alkanes of at least 4 members (excludes halogenated alkanes) is 1. The lowest BCUT2D eigenvalue weighted by Crippen LogP contribution is -2.29. The fourth-order valence-corrected chi connectivity index (χ4v) is 5.42. The van der Waals surface area contributed by atoms with Crippen LogP contribution in [0.3, 0.4) is 0 Å². The molecule has 0 saturated carbocycles. The highest BCUT2D eigenvalue weighted by molar-refractivity contribution is 7.17. The molecule has 1 aliphatic heterocycles. The molecule has 1 unspecified atom stereocenters. The average Bonchev–Trinajstić information content (AvgIpc) is 3.42. The van der Waals surface area contributed by atoms with Gasteiger partial charge in [-0.05, 0) is 63.4 Å². The summed E-state index contributed by atoms with van der Waals surface area (Å²) in [5.41, 5.74) is 3.07. The van der Waals surface area contributed by atoms with Gasteiger partial charge in [-0.25, -0.2) is 9.78 Å². The van der Waals surface area contributed by atoms with Crippen molar-refractivity contribution < 1.29 is 29.0 Å². The summed E-state index contributed by atoms with van der Waals surface area (Å²) in [4.78, 5) is 45.5. The SMILES string of the molecule is CCCCOc1ccc(C2C(=C(O)c3cc(C)ccc3C)C(=O)C(=O)N2c2nc(C)c(C(=O)OCC)s2)cc1. The zero-order valence-corrected chi connectivity index (χ0v) is 23.6. The standard InChI is InChI=1S/C30H32N2O6S/c1-6-8-15-38-21-13-11-20(12-14-21)24-23(25(33)22-16-17(3)9-10-18(22)4)26(34)28(35)32(24)30-31-19(5)27(39-30)29(36)37-7-2/h9-14,16,24,33H,6-8,15H2,1-5H3. The summed E-state index contributed by atoms with van der Waals surface area (Å²) in [5.74, 6) is -1.81. The van der Waals surface area contributed by atoms with E-state index in [0.717, 1.165) is 35.3 Å². The Kier molecular flexibility index (Phi) is 8.50. The first-order valence-corrected chi connectivity index (χ1v) is 13.7. The molecule has 204 valence electrons. The minimum atomic E-state index is -0.963. The van der Waals surface area contributed by atoms with E-state index in [9.17, 15) is 19.5 Å². The van der Waals surface area contributed by atoms with Crippen molar-refractivity contribution in [3.63, 3.8) is 0 Å². The summed E-state index contributed by atoms with van der Waals surface area (Å²) >= 11 is 0.979. The number of carbonyl (C=O) groups excluding carboxylic acids is 3. The van der Waals surface area contributed by atoms with Crippen molar-refractivity contribution in [1.29, 1.82) is 0 Å². The maximum Gasteiger partial charge on any atom is 0.350 e. The van der Waals surface area contributed by atoms with Crippen molar-refractivity contribution in [2.24, 2.45) is 0 Å². The van der Waals surface area contributed by atoms with E-state index in [4.69, 9.17) is 9.47 Å². The Morgan fingerprint density at radius 3 is 2.46 bits per heavy atom. The number of hydrogen-bond donors (Lipinski definition) is 1. The molecule has 1 aliphatic rings. The third kappa shape index (κ3) is 5.59. The van der Waals surface area contributed by atoms with Gasteiger partial charge in [-0.15, -0.1) is 0 Å². The molecule has 1 atom stereocenters. The number of aromatic nitrogens is 1. The lowest BCUT2D eigenvalue weighted by molar-refractivity contribution is -0.132. The van der Waals surface area contributed by atoms with E-state index in [2.05, 4.69) is 11.9 Å². The van der Waals surface area contributed by atoms with E-state index in [1.165, 1.54) is 4.90 Å². The van der Waals surface area contributed by atoms with Crippen molar-refractivity contribution >= 4 is 39.9 Å². The number of aliphatic hydroxyl groups is 1. The molecule has 1 aromatic heterocycles. The summed E-state index contributed by atoms with van der Waals surface area (Å²) in [6, 6.07) is 11.7. The number of hydrogen-bond acceptors (Lipinski definition) is 8. The molecule has 0 radical (unpaired) electrons. The lowest BCUT2D eigenvalue weighted by Gasteiger charge is -2.23. The Labute approximate surface area is 231 Å². The number of carbonyl (C=O) groups is 3. The Morgan fingerprint density at radius 2 is 1.79 bits per heavy atom. The Hall–Kier alpha value is -3.98. The van der Waals surface area contributed by atoms with Gasteiger partial charge in [0.2, 0.25) is 0 Å². The minimum Gasteiger partial charge on any atom is -0.507 e. The molecular formula is C30H32N2O6S. The number of aryl methyl sites for hydroxylation is 3. The molecule has 3 aromatic rings. The fraction of sp³-hybridized carbons (Fsp3) is 0.333. The molecule has 0 bridgehead atoms. The number of aliphatic hydroxyl groups excluding tert-OH is 1. The maximum absolute atomic E-state index is 13.5.